The van der Waals surface area contributed by atoms with Crippen LogP contribution in [0.2, 0.25) is 0 Å². The normalized spacial score (nSPS) is 12.5. The van der Waals surface area contributed by atoms with Gasteiger partial charge in [-0.3, -0.25) is 0 Å². The highest BCUT2D eigenvalue weighted by molar-refractivity contribution is 7.86. The smallest absolute Gasteiger partial charge is 0.216 e. The summed E-state index contributed by atoms with van der Waals surface area (Å²) < 4.78 is 25.1. The number of nitrogens with zero attached hydrogens (tertiary/aromatic N) is 1. The molecule has 0 aliphatic rings. The van der Waals surface area contributed by atoms with Gasteiger partial charge < -0.3 is 0 Å². The van der Waals surface area contributed by atoms with E-state index in [-0.39, 0.29) is 6.04 Å². The molecule has 0 bridgehead atoms. The van der Waals surface area contributed by atoms with Crippen LogP contribution in [-0.4, -0.2) is 25.3 Å². The van der Waals surface area contributed by atoms with Gasteiger partial charge in [0, 0.05) is 12.6 Å². The van der Waals surface area contributed by atoms with Gasteiger partial charge in [-0.25, -0.2) is 5.14 Å². The molecule has 5 heteroatoms. The molecule has 0 spiro atoms. The maximum absolute atomic E-state index is 11.8. The molecule has 0 unspecified atom stereocenters. The highest BCUT2D eigenvalue weighted by atomic mass is 32.2. The zero-order chi connectivity index (χ0) is 16.8. The van der Waals surface area contributed by atoms with E-state index in [1.54, 1.807) is 0 Å². The molecule has 0 saturated heterocycles. The third-order valence-corrected chi connectivity index (χ3v) is 5.54. The van der Waals surface area contributed by atoms with Crippen LogP contribution in [0.4, 0.5) is 0 Å². The van der Waals surface area contributed by atoms with Gasteiger partial charge in [0.15, 0.2) is 0 Å². The Hall–Kier alpha value is -0.130. The van der Waals surface area contributed by atoms with E-state index < -0.39 is 10.2 Å². The van der Waals surface area contributed by atoms with Gasteiger partial charge >= 0.3 is 0 Å². The van der Waals surface area contributed by atoms with Crippen LogP contribution in [0.15, 0.2) is 0 Å². The van der Waals surface area contributed by atoms with Crippen molar-refractivity contribution in [3.05, 3.63) is 0 Å². The molecule has 2 N–H and O–H groups in total. The van der Waals surface area contributed by atoms with Gasteiger partial charge in [-0.2, -0.15) is 12.7 Å². The molecule has 0 aromatic carbocycles. The number of nitrogens with two attached hydrogens (primary N) is 1. The van der Waals surface area contributed by atoms with Crippen LogP contribution < -0.4 is 5.14 Å². The van der Waals surface area contributed by atoms with Crippen molar-refractivity contribution in [3.8, 4) is 0 Å². The van der Waals surface area contributed by atoms with Crippen molar-refractivity contribution >= 4 is 10.2 Å². The summed E-state index contributed by atoms with van der Waals surface area (Å²) in [6.45, 7) is 6.77. The molecular formula is C17H38N2O2S. The van der Waals surface area contributed by atoms with Crippen LogP contribution in [0.1, 0.15) is 97.8 Å². The summed E-state index contributed by atoms with van der Waals surface area (Å²) in [4.78, 5) is 0. The maximum atomic E-state index is 11.8. The summed E-state index contributed by atoms with van der Waals surface area (Å²) in [5.41, 5.74) is 0. The van der Waals surface area contributed by atoms with Gasteiger partial charge in [0.2, 0.25) is 0 Å². The minimum Gasteiger partial charge on any atom is -0.216 e. The lowest BCUT2D eigenvalue weighted by molar-refractivity contribution is 0.285. The van der Waals surface area contributed by atoms with Gasteiger partial charge in [-0.15, -0.1) is 0 Å². The molecule has 0 aliphatic carbocycles. The Kier molecular flexibility index (Phi) is 13.2. The van der Waals surface area contributed by atoms with E-state index in [0.717, 1.165) is 25.7 Å². The molecule has 4 nitrogen and oxygen atoms in total. The summed E-state index contributed by atoms with van der Waals surface area (Å²) in [5.74, 6) is 0. The molecule has 0 aromatic rings. The van der Waals surface area contributed by atoms with Gasteiger partial charge in [-0.1, -0.05) is 85.0 Å². The van der Waals surface area contributed by atoms with E-state index in [1.807, 2.05) is 6.92 Å². The maximum Gasteiger partial charge on any atom is 0.277 e. The highest BCUT2D eigenvalue weighted by Crippen LogP contribution is 2.19. The minimum atomic E-state index is -3.58. The summed E-state index contributed by atoms with van der Waals surface area (Å²) in [6.07, 6.45) is 14.0. The summed E-state index contributed by atoms with van der Waals surface area (Å²) in [5, 5.41) is 5.39. The lowest BCUT2D eigenvalue weighted by Gasteiger charge is -2.28. The molecule has 0 aliphatic heterocycles. The van der Waals surface area contributed by atoms with Crippen molar-refractivity contribution < 1.29 is 8.42 Å². The minimum absolute atomic E-state index is 0.0863. The van der Waals surface area contributed by atoms with Crippen molar-refractivity contribution in [2.75, 3.05) is 6.54 Å². The van der Waals surface area contributed by atoms with Crippen molar-refractivity contribution in [1.82, 2.24) is 4.31 Å². The van der Waals surface area contributed by atoms with Crippen LogP contribution in [-0.2, 0) is 10.2 Å². The van der Waals surface area contributed by atoms with Crippen LogP contribution in [0.5, 0.6) is 0 Å². The van der Waals surface area contributed by atoms with E-state index in [1.165, 1.54) is 55.7 Å². The average Bonchev–Trinajstić information content (AvgIpc) is 2.45. The van der Waals surface area contributed by atoms with E-state index in [9.17, 15) is 8.42 Å². The molecule has 0 aromatic heterocycles. The molecule has 0 radical (unpaired) electrons. The molecule has 22 heavy (non-hydrogen) atoms. The van der Waals surface area contributed by atoms with Crippen molar-refractivity contribution in [2.24, 2.45) is 5.14 Å². The predicted octanol–water partition coefficient (Wildman–Crippen LogP) is 4.60. The zero-order valence-corrected chi connectivity index (χ0v) is 15.8. The predicted molar refractivity (Wildman–Crippen MR) is 96.0 cm³/mol. The second-order valence-electron chi connectivity index (χ2n) is 6.31. The molecule has 134 valence electrons. The number of rotatable bonds is 15. The van der Waals surface area contributed by atoms with Crippen LogP contribution in [0.3, 0.4) is 0 Å². The third-order valence-electron chi connectivity index (χ3n) is 4.33. The summed E-state index contributed by atoms with van der Waals surface area (Å²) >= 11 is 0. The molecule has 0 rings (SSSR count). The van der Waals surface area contributed by atoms with Crippen LogP contribution >= 0.6 is 0 Å². The lowest BCUT2D eigenvalue weighted by atomic mass is 10.0. The van der Waals surface area contributed by atoms with E-state index in [2.05, 4.69) is 13.8 Å². The standard InChI is InChI=1S/C17H38N2O2S/c1-4-7-9-11-13-15-17(16-14-12-10-8-5-2)19(6-3)22(18,20)21/h17H,4-16H2,1-3H3,(H2,18,20,21). The molecule has 0 heterocycles. The SMILES string of the molecule is CCCCCCCC(CCCCCCC)N(CC)S(N)(=O)=O. The molecular weight excluding hydrogens is 296 g/mol. The molecule has 0 amide bonds. The Morgan fingerprint density at radius 1 is 0.773 bits per heavy atom. The summed E-state index contributed by atoms with van der Waals surface area (Å²) in [7, 11) is -3.58. The topological polar surface area (TPSA) is 63.4 Å². The van der Waals surface area contributed by atoms with Crippen LogP contribution in [0.25, 0.3) is 0 Å². The Bertz CT molecular complexity index is 331. The number of hydrogen-bond donors (Lipinski definition) is 1. The third kappa shape index (κ3) is 10.6. The first-order valence-electron chi connectivity index (χ1n) is 9.26. The van der Waals surface area contributed by atoms with Crippen molar-refractivity contribution in [2.45, 2.75) is 104 Å². The lowest BCUT2D eigenvalue weighted by Crippen LogP contribution is -2.44. The fourth-order valence-corrected chi connectivity index (χ4v) is 4.03. The summed E-state index contributed by atoms with van der Waals surface area (Å²) in [6, 6.07) is 0.0863. The second kappa shape index (κ2) is 13.3. The average molecular weight is 335 g/mol. The first-order valence-corrected chi connectivity index (χ1v) is 10.8. The van der Waals surface area contributed by atoms with Gasteiger partial charge in [-0.05, 0) is 12.8 Å². The second-order valence-corrected chi connectivity index (χ2v) is 7.81. The first-order chi connectivity index (χ1) is 10.5. The van der Waals surface area contributed by atoms with Crippen molar-refractivity contribution in [1.29, 1.82) is 0 Å². The van der Waals surface area contributed by atoms with Crippen LogP contribution in [0, 0.1) is 0 Å². The Morgan fingerprint density at radius 2 is 1.18 bits per heavy atom. The molecule has 0 atom stereocenters. The largest absolute Gasteiger partial charge is 0.277 e. The van der Waals surface area contributed by atoms with Crippen molar-refractivity contribution in [3.63, 3.8) is 0 Å². The van der Waals surface area contributed by atoms with Gasteiger partial charge in [0.05, 0.1) is 0 Å². The monoisotopic (exact) mass is 334 g/mol. The molecule has 0 fully saturated rings. The van der Waals surface area contributed by atoms with E-state index >= 15 is 0 Å². The first kappa shape index (κ1) is 21.9. The fraction of sp³-hybridized carbons (Fsp3) is 1.00. The Morgan fingerprint density at radius 3 is 1.50 bits per heavy atom. The van der Waals surface area contributed by atoms with Gasteiger partial charge in [0.1, 0.15) is 0 Å². The highest BCUT2D eigenvalue weighted by Gasteiger charge is 2.24. The van der Waals surface area contributed by atoms with Gasteiger partial charge in [0.25, 0.3) is 10.2 Å². The quantitative estimate of drug-likeness (QED) is 0.445. The Balaban J connectivity index is 4.35. The van der Waals surface area contributed by atoms with E-state index in [0.29, 0.717) is 6.54 Å². The Labute approximate surface area is 139 Å². The zero-order valence-electron chi connectivity index (χ0n) is 15.0. The molecule has 0 saturated carbocycles. The number of hydrogen-bond acceptors (Lipinski definition) is 2. The fourth-order valence-electron chi connectivity index (χ4n) is 3.05. The number of unbranched alkanes of at least 4 members (excludes halogenated alkanes) is 8. The van der Waals surface area contributed by atoms with E-state index in [4.69, 9.17) is 5.14 Å².